The summed E-state index contributed by atoms with van der Waals surface area (Å²) in [7, 11) is 1.90. The van der Waals surface area contributed by atoms with Gasteiger partial charge in [0.25, 0.3) is 0 Å². The maximum Gasteiger partial charge on any atom is 0.193 e. The third-order valence-corrected chi connectivity index (χ3v) is 5.27. The standard InChI is InChI=1S/C19H30N4/c1-3-16-8-4-5-9-17(16)14-21-19(20-2)23-13-10-18(15-23)22-11-6-7-12-22/h4-5,8-9,18H,3,6-7,10-15H2,1-2H3,(H,20,21). The van der Waals surface area contributed by atoms with Gasteiger partial charge in [-0.05, 0) is 49.9 Å². The van der Waals surface area contributed by atoms with E-state index in [1.54, 1.807) is 0 Å². The van der Waals surface area contributed by atoms with Gasteiger partial charge in [-0.3, -0.25) is 9.89 Å². The Kier molecular flexibility index (Phi) is 5.55. The third-order valence-electron chi connectivity index (χ3n) is 5.27. The molecule has 1 aromatic carbocycles. The van der Waals surface area contributed by atoms with Crippen LogP contribution in [0, 0.1) is 0 Å². The van der Waals surface area contributed by atoms with Crippen LogP contribution in [0.25, 0.3) is 0 Å². The van der Waals surface area contributed by atoms with E-state index < -0.39 is 0 Å². The van der Waals surface area contributed by atoms with Crippen LogP contribution in [0.4, 0.5) is 0 Å². The van der Waals surface area contributed by atoms with E-state index in [9.17, 15) is 0 Å². The molecule has 1 aromatic rings. The van der Waals surface area contributed by atoms with Crippen LogP contribution in [0.3, 0.4) is 0 Å². The van der Waals surface area contributed by atoms with Gasteiger partial charge in [-0.1, -0.05) is 31.2 Å². The molecule has 0 spiro atoms. The fourth-order valence-corrected chi connectivity index (χ4v) is 3.92. The second-order valence-electron chi connectivity index (χ2n) is 6.65. The predicted octanol–water partition coefficient (Wildman–Crippen LogP) is 2.49. The Balaban J connectivity index is 1.56. The van der Waals surface area contributed by atoms with Crippen molar-refractivity contribution in [3.8, 4) is 0 Å². The Morgan fingerprint density at radius 3 is 2.61 bits per heavy atom. The molecule has 0 aromatic heterocycles. The molecular formula is C19H30N4. The number of benzene rings is 1. The molecular weight excluding hydrogens is 284 g/mol. The summed E-state index contributed by atoms with van der Waals surface area (Å²) in [5.41, 5.74) is 2.80. The molecule has 3 rings (SSSR count). The van der Waals surface area contributed by atoms with Gasteiger partial charge in [-0.25, -0.2) is 0 Å². The molecule has 2 fully saturated rings. The highest BCUT2D eigenvalue weighted by molar-refractivity contribution is 5.80. The summed E-state index contributed by atoms with van der Waals surface area (Å²) >= 11 is 0. The molecule has 1 atom stereocenters. The molecule has 0 saturated carbocycles. The highest BCUT2D eigenvalue weighted by atomic mass is 15.3. The monoisotopic (exact) mass is 314 g/mol. The zero-order chi connectivity index (χ0) is 16.1. The molecule has 126 valence electrons. The van der Waals surface area contributed by atoms with Crippen molar-refractivity contribution in [1.82, 2.24) is 15.1 Å². The fourth-order valence-electron chi connectivity index (χ4n) is 3.92. The van der Waals surface area contributed by atoms with Gasteiger partial charge in [0, 0.05) is 32.7 Å². The van der Waals surface area contributed by atoms with Crippen molar-refractivity contribution in [3.05, 3.63) is 35.4 Å². The van der Waals surface area contributed by atoms with E-state index in [0.717, 1.165) is 38.1 Å². The smallest absolute Gasteiger partial charge is 0.193 e. The van der Waals surface area contributed by atoms with Gasteiger partial charge >= 0.3 is 0 Å². The highest BCUT2D eigenvalue weighted by Gasteiger charge is 2.30. The molecule has 0 amide bonds. The van der Waals surface area contributed by atoms with Crippen LogP contribution in [0.5, 0.6) is 0 Å². The number of guanidine groups is 1. The van der Waals surface area contributed by atoms with Crippen molar-refractivity contribution in [2.75, 3.05) is 33.2 Å². The van der Waals surface area contributed by atoms with E-state index in [1.807, 2.05) is 7.05 Å². The molecule has 1 N–H and O–H groups in total. The van der Waals surface area contributed by atoms with E-state index in [2.05, 4.69) is 51.3 Å². The molecule has 4 nitrogen and oxygen atoms in total. The van der Waals surface area contributed by atoms with Crippen molar-refractivity contribution in [2.24, 2.45) is 4.99 Å². The topological polar surface area (TPSA) is 30.9 Å². The van der Waals surface area contributed by atoms with Crippen LogP contribution in [0.15, 0.2) is 29.3 Å². The summed E-state index contributed by atoms with van der Waals surface area (Å²) in [6.07, 6.45) is 5.10. The minimum atomic E-state index is 0.721. The number of rotatable bonds is 4. The molecule has 2 aliphatic heterocycles. The first-order valence-corrected chi connectivity index (χ1v) is 9.08. The lowest BCUT2D eigenvalue weighted by Crippen LogP contribution is -2.42. The van der Waals surface area contributed by atoms with Gasteiger partial charge in [-0.15, -0.1) is 0 Å². The maximum absolute atomic E-state index is 4.51. The zero-order valence-corrected chi connectivity index (χ0v) is 14.6. The summed E-state index contributed by atoms with van der Waals surface area (Å²) in [6.45, 7) is 7.89. The quantitative estimate of drug-likeness (QED) is 0.684. The highest BCUT2D eigenvalue weighted by Crippen LogP contribution is 2.20. The van der Waals surface area contributed by atoms with Crippen LogP contribution < -0.4 is 5.32 Å². The first-order valence-electron chi connectivity index (χ1n) is 9.08. The van der Waals surface area contributed by atoms with Crippen molar-refractivity contribution in [1.29, 1.82) is 0 Å². The van der Waals surface area contributed by atoms with Gasteiger partial charge in [0.05, 0.1) is 0 Å². The second kappa shape index (κ2) is 7.82. The molecule has 2 aliphatic rings. The second-order valence-corrected chi connectivity index (χ2v) is 6.65. The van der Waals surface area contributed by atoms with Gasteiger partial charge in [0.2, 0.25) is 0 Å². The van der Waals surface area contributed by atoms with Crippen molar-refractivity contribution >= 4 is 5.96 Å². The largest absolute Gasteiger partial charge is 0.352 e. The molecule has 0 radical (unpaired) electrons. The minimum Gasteiger partial charge on any atom is -0.352 e. The lowest BCUT2D eigenvalue weighted by molar-refractivity contribution is 0.249. The van der Waals surface area contributed by atoms with Crippen LogP contribution in [0.2, 0.25) is 0 Å². The number of hydrogen-bond donors (Lipinski definition) is 1. The van der Waals surface area contributed by atoms with E-state index in [0.29, 0.717) is 0 Å². The minimum absolute atomic E-state index is 0.721. The van der Waals surface area contributed by atoms with Crippen LogP contribution in [-0.2, 0) is 13.0 Å². The van der Waals surface area contributed by atoms with Crippen molar-refractivity contribution in [2.45, 2.75) is 45.2 Å². The lowest BCUT2D eigenvalue weighted by Gasteiger charge is -2.25. The summed E-state index contributed by atoms with van der Waals surface area (Å²) in [5.74, 6) is 1.05. The van der Waals surface area contributed by atoms with E-state index in [4.69, 9.17) is 0 Å². The van der Waals surface area contributed by atoms with Crippen LogP contribution in [0.1, 0.15) is 37.3 Å². The van der Waals surface area contributed by atoms with Gasteiger partial charge < -0.3 is 10.2 Å². The zero-order valence-electron chi connectivity index (χ0n) is 14.6. The average Bonchev–Trinajstić information content (AvgIpc) is 3.27. The number of hydrogen-bond acceptors (Lipinski definition) is 2. The lowest BCUT2D eigenvalue weighted by atomic mass is 10.1. The molecule has 4 heteroatoms. The molecule has 1 unspecified atom stereocenters. The Labute approximate surface area is 140 Å². The summed E-state index contributed by atoms with van der Waals surface area (Å²) in [6, 6.07) is 9.41. The van der Waals surface area contributed by atoms with E-state index >= 15 is 0 Å². The molecule has 0 aliphatic carbocycles. The number of likely N-dealkylation sites (tertiary alicyclic amines) is 2. The number of nitrogens with one attached hydrogen (secondary N) is 1. The van der Waals surface area contributed by atoms with Crippen LogP contribution in [-0.4, -0.2) is 55.0 Å². The number of aryl methyl sites for hydroxylation is 1. The van der Waals surface area contributed by atoms with Gasteiger partial charge in [-0.2, -0.15) is 0 Å². The number of aliphatic imine (C=N–C) groups is 1. The van der Waals surface area contributed by atoms with E-state index in [1.165, 1.54) is 43.5 Å². The SMILES string of the molecule is CCc1ccccc1CNC(=NC)N1CCC(N2CCCC2)C1. The maximum atomic E-state index is 4.51. The molecule has 2 heterocycles. The van der Waals surface area contributed by atoms with Crippen molar-refractivity contribution < 1.29 is 0 Å². The summed E-state index contributed by atoms with van der Waals surface area (Å²) in [5, 5.41) is 3.57. The Hall–Kier alpha value is -1.55. The normalized spacial score (nSPS) is 22.8. The molecule has 2 saturated heterocycles. The molecule has 23 heavy (non-hydrogen) atoms. The molecule has 0 bridgehead atoms. The average molecular weight is 314 g/mol. The third kappa shape index (κ3) is 3.86. The Bertz CT molecular complexity index is 534. The van der Waals surface area contributed by atoms with Crippen molar-refractivity contribution in [3.63, 3.8) is 0 Å². The summed E-state index contributed by atoms with van der Waals surface area (Å²) < 4.78 is 0. The predicted molar refractivity (Wildman–Crippen MR) is 96.8 cm³/mol. The summed E-state index contributed by atoms with van der Waals surface area (Å²) in [4.78, 5) is 9.61. The first-order chi connectivity index (χ1) is 11.3. The van der Waals surface area contributed by atoms with Gasteiger partial charge in [0.15, 0.2) is 5.96 Å². The first kappa shape index (κ1) is 16.3. The fraction of sp³-hybridized carbons (Fsp3) is 0.632. The van der Waals surface area contributed by atoms with Crippen LogP contribution >= 0.6 is 0 Å². The Morgan fingerprint density at radius 2 is 1.91 bits per heavy atom. The number of nitrogens with zero attached hydrogens (tertiary/aromatic N) is 3. The van der Waals surface area contributed by atoms with E-state index in [-0.39, 0.29) is 0 Å². The Morgan fingerprint density at radius 1 is 1.17 bits per heavy atom. The van der Waals surface area contributed by atoms with Gasteiger partial charge in [0.1, 0.15) is 0 Å².